The van der Waals surface area contributed by atoms with Crippen molar-refractivity contribution < 1.29 is 0 Å². The van der Waals surface area contributed by atoms with E-state index in [-0.39, 0.29) is 0 Å². The normalized spacial score (nSPS) is 12.8. The largest absolute Gasteiger partial charge is 0.269 e. The Morgan fingerprint density at radius 1 is 1.14 bits per heavy atom. The maximum absolute atomic E-state index is 6.21. The standard InChI is InChI=1S/C18H25ClN2/c1-4-17(5-2)21-11-10-16(20-21)12-15(13-19)18-9-7-6-8-14(18)3/h6-11,15,17H,4-5,12-13H2,1-3H3. The van der Waals surface area contributed by atoms with Gasteiger partial charge < -0.3 is 0 Å². The molecule has 1 atom stereocenters. The average Bonchev–Trinajstić information content (AvgIpc) is 2.95. The summed E-state index contributed by atoms with van der Waals surface area (Å²) in [5.41, 5.74) is 3.78. The SMILES string of the molecule is CCC(CC)n1ccc(CC(CCl)c2ccccc2C)n1. The van der Waals surface area contributed by atoms with Crippen LogP contribution in [0, 0.1) is 6.92 Å². The Labute approximate surface area is 133 Å². The van der Waals surface area contributed by atoms with Crippen LogP contribution in [0.1, 0.15) is 55.5 Å². The zero-order chi connectivity index (χ0) is 15.2. The first kappa shape index (κ1) is 16.1. The van der Waals surface area contributed by atoms with Crippen LogP contribution in [0.5, 0.6) is 0 Å². The lowest BCUT2D eigenvalue weighted by Crippen LogP contribution is -2.10. The molecule has 0 aliphatic rings. The summed E-state index contributed by atoms with van der Waals surface area (Å²) in [6.07, 6.45) is 5.25. The van der Waals surface area contributed by atoms with Crippen LogP contribution in [0.2, 0.25) is 0 Å². The van der Waals surface area contributed by atoms with E-state index in [1.807, 2.05) is 0 Å². The van der Waals surface area contributed by atoms with E-state index >= 15 is 0 Å². The summed E-state index contributed by atoms with van der Waals surface area (Å²) in [4.78, 5) is 0. The van der Waals surface area contributed by atoms with Gasteiger partial charge in [0.05, 0.1) is 11.7 Å². The van der Waals surface area contributed by atoms with Crippen molar-refractivity contribution in [1.29, 1.82) is 0 Å². The summed E-state index contributed by atoms with van der Waals surface area (Å²) in [6, 6.07) is 11.1. The smallest absolute Gasteiger partial charge is 0.0631 e. The molecule has 21 heavy (non-hydrogen) atoms. The molecule has 2 aromatic rings. The minimum Gasteiger partial charge on any atom is -0.269 e. The molecule has 0 fully saturated rings. The van der Waals surface area contributed by atoms with Gasteiger partial charge in [-0.05, 0) is 43.4 Å². The van der Waals surface area contributed by atoms with Crippen LogP contribution in [0.15, 0.2) is 36.5 Å². The van der Waals surface area contributed by atoms with E-state index in [2.05, 4.69) is 62.0 Å². The maximum Gasteiger partial charge on any atom is 0.0631 e. The molecule has 0 saturated heterocycles. The van der Waals surface area contributed by atoms with Crippen LogP contribution in [-0.2, 0) is 6.42 Å². The fourth-order valence-corrected chi connectivity index (χ4v) is 3.17. The Balaban J connectivity index is 2.14. The molecule has 3 heteroatoms. The van der Waals surface area contributed by atoms with Gasteiger partial charge in [-0.2, -0.15) is 5.10 Å². The Morgan fingerprint density at radius 3 is 2.48 bits per heavy atom. The molecule has 0 amide bonds. The van der Waals surface area contributed by atoms with Crippen LogP contribution < -0.4 is 0 Å². The van der Waals surface area contributed by atoms with Crippen LogP contribution in [0.3, 0.4) is 0 Å². The first-order valence-electron chi connectivity index (χ1n) is 7.85. The van der Waals surface area contributed by atoms with Gasteiger partial charge in [0.15, 0.2) is 0 Å². The molecule has 0 aliphatic carbocycles. The van der Waals surface area contributed by atoms with Gasteiger partial charge in [0.25, 0.3) is 0 Å². The molecular weight excluding hydrogens is 280 g/mol. The maximum atomic E-state index is 6.21. The van der Waals surface area contributed by atoms with Gasteiger partial charge in [0.1, 0.15) is 0 Å². The van der Waals surface area contributed by atoms with Gasteiger partial charge in [0, 0.05) is 18.0 Å². The van der Waals surface area contributed by atoms with E-state index < -0.39 is 0 Å². The summed E-state index contributed by atoms with van der Waals surface area (Å²) in [7, 11) is 0. The Bertz CT molecular complexity index is 558. The number of nitrogens with zero attached hydrogens (tertiary/aromatic N) is 2. The highest BCUT2D eigenvalue weighted by Crippen LogP contribution is 2.25. The second kappa shape index (κ2) is 7.65. The van der Waals surface area contributed by atoms with Crippen LogP contribution in [-0.4, -0.2) is 15.7 Å². The summed E-state index contributed by atoms with van der Waals surface area (Å²) in [5, 5.41) is 4.75. The van der Waals surface area contributed by atoms with Gasteiger partial charge in [-0.1, -0.05) is 38.1 Å². The van der Waals surface area contributed by atoms with E-state index in [4.69, 9.17) is 16.7 Å². The van der Waals surface area contributed by atoms with E-state index in [9.17, 15) is 0 Å². The molecule has 1 unspecified atom stereocenters. The van der Waals surface area contributed by atoms with E-state index in [1.54, 1.807) is 0 Å². The van der Waals surface area contributed by atoms with E-state index in [0.29, 0.717) is 17.8 Å². The Hall–Kier alpha value is -1.28. The minimum absolute atomic E-state index is 0.331. The van der Waals surface area contributed by atoms with Gasteiger partial charge in [-0.3, -0.25) is 4.68 Å². The van der Waals surface area contributed by atoms with Gasteiger partial charge in [-0.15, -0.1) is 11.6 Å². The Morgan fingerprint density at radius 2 is 1.86 bits per heavy atom. The number of alkyl halides is 1. The number of hydrogen-bond acceptors (Lipinski definition) is 1. The molecule has 0 radical (unpaired) electrons. The van der Waals surface area contributed by atoms with Crippen molar-refractivity contribution in [2.75, 3.05) is 5.88 Å². The van der Waals surface area contributed by atoms with E-state index in [1.165, 1.54) is 11.1 Å². The third kappa shape index (κ3) is 3.88. The highest BCUT2D eigenvalue weighted by atomic mass is 35.5. The molecule has 1 aromatic carbocycles. The number of aryl methyl sites for hydroxylation is 1. The van der Waals surface area contributed by atoms with Crippen LogP contribution >= 0.6 is 11.6 Å². The highest BCUT2D eigenvalue weighted by Gasteiger charge is 2.16. The topological polar surface area (TPSA) is 17.8 Å². The van der Waals surface area contributed by atoms with Crippen molar-refractivity contribution in [2.45, 2.75) is 52.0 Å². The summed E-state index contributed by atoms with van der Waals surface area (Å²) < 4.78 is 2.11. The van der Waals surface area contributed by atoms with Crippen molar-refractivity contribution in [3.63, 3.8) is 0 Å². The van der Waals surface area contributed by atoms with Gasteiger partial charge >= 0.3 is 0 Å². The molecule has 0 aliphatic heterocycles. The fourth-order valence-electron chi connectivity index (χ4n) is 2.90. The molecular formula is C18H25ClN2. The molecule has 2 rings (SSSR count). The lowest BCUT2D eigenvalue weighted by molar-refractivity contribution is 0.424. The molecule has 2 nitrogen and oxygen atoms in total. The number of aromatic nitrogens is 2. The zero-order valence-corrected chi connectivity index (χ0v) is 14.0. The van der Waals surface area contributed by atoms with Crippen molar-refractivity contribution in [3.8, 4) is 0 Å². The number of hydrogen-bond donors (Lipinski definition) is 0. The fraction of sp³-hybridized carbons (Fsp3) is 0.500. The third-order valence-corrected chi connectivity index (χ3v) is 4.62. The second-order valence-corrected chi connectivity index (χ2v) is 5.98. The highest BCUT2D eigenvalue weighted by molar-refractivity contribution is 6.18. The molecule has 1 aromatic heterocycles. The summed E-state index contributed by atoms with van der Waals surface area (Å²) in [5.74, 6) is 0.959. The molecule has 0 bridgehead atoms. The van der Waals surface area contributed by atoms with Gasteiger partial charge in [-0.25, -0.2) is 0 Å². The predicted molar refractivity (Wildman–Crippen MR) is 90.2 cm³/mol. The summed E-state index contributed by atoms with van der Waals surface area (Å²) >= 11 is 6.21. The average molecular weight is 305 g/mol. The monoisotopic (exact) mass is 304 g/mol. The van der Waals surface area contributed by atoms with Crippen molar-refractivity contribution >= 4 is 11.6 Å². The van der Waals surface area contributed by atoms with Crippen LogP contribution in [0.4, 0.5) is 0 Å². The van der Waals surface area contributed by atoms with E-state index in [0.717, 1.165) is 25.0 Å². The number of halogens is 1. The molecule has 0 saturated carbocycles. The lowest BCUT2D eigenvalue weighted by Gasteiger charge is -2.16. The first-order chi connectivity index (χ1) is 10.2. The number of benzene rings is 1. The second-order valence-electron chi connectivity index (χ2n) is 5.67. The lowest BCUT2D eigenvalue weighted by atomic mass is 9.92. The molecule has 1 heterocycles. The molecule has 0 spiro atoms. The van der Waals surface area contributed by atoms with Crippen LogP contribution in [0.25, 0.3) is 0 Å². The number of rotatable bonds is 7. The van der Waals surface area contributed by atoms with Crippen molar-refractivity contribution in [1.82, 2.24) is 9.78 Å². The summed E-state index contributed by atoms with van der Waals surface area (Å²) in [6.45, 7) is 6.58. The van der Waals surface area contributed by atoms with Crippen molar-refractivity contribution in [2.24, 2.45) is 0 Å². The third-order valence-electron chi connectivity index (χ3n) is 4.25. The van der Waals surface area contributed by atoms with Gasteiger partial charge in [0.2, 0.25) is 0 Å². The first-order valence-corrected chi connectivity index (χ1v) is 8.38. The van der Waals surface area contributed by atoms with Crippen molar-refractivity contribution in [3.05, 3.63) is 53.3 Å². The minimum atomic E-state index is 0.331. The molecule has 0 N–H and O–H groups in total. The Kier molecular flexibility index (Phi) is 5.86. The quantitative estimate of drug-likeness (QED) is 0.649. The zero-order valence-electron chi connectivity index (χ0n) is 13.2. The predicted octanol–water partition coefficient (Wildman–Crippen LogP) is 5.12. The molecule has 114 valence electrons.